The molecule has 0 aromatic heterocycles. The summed E-state index contributed by atoms with van der Waals surface area (Å²) in [6, 6.07) is 0. The number of unbranched alkanes of at least 4 members (excludes halogenated alkanes) is 2. The molecule has 0 aliphatic carbocycles. The summed E-state index contributed by atoms with van der Waals surface area (Å²) in [7, 11) is 0. The van der Waals surface area contributed by atoms with Crippen LogP contribution in [0.1, 0.15) is 73.1 Å². The Labute approximate surface area is 123 Å². The Balaban J connectivity index is 3.55. The lowest BCUT2D eigenvalue weighted by Gasteiger charge is -2.15. The molecule has 0 heterocycles. The van der Waals surface area contributed by atoms with Crippen LogP contribution in [-0.2, 0) is 19.1 Å². The van der Waals surface area contributed by atoms with Crippen molar-refractivity contribution < 1.29 is 19.1 Å². The fraction of sp³-hybridized carbons (Fsp3) is 0.875. The van der Waals surface area contributed by atoms with Gasteiger partial charge in [0, 0.05) is 12.8 Å². The quantitative estimate of drug-likeness (QED) is 0.452. The maximum absolute atomic E-state index is 11.6. The third kappa shape index (κ3) is 12.0. The summed E-state index contributed by atoms with van der Waals surface area (Å²) >= 11 is 0. The van der Waals surface area contributed by atoms with Gasteiger partial charge in [-0.2, -0.15) is 0 Å². The van der Waals surface area contributed by atoms with Gasteiger partial charge in [0.2, 0.25) is 0 Å². The van der Waals surface area contributed by atoms with Crippen LogP contribution in [0.2, 0.25) is 0 Å². The van der Waals surface area contributed by atoms with Gasteiger partial charge in [-0.05, 0) is 46.0 Å². The van der Waals surface area contributed by atoms with Crippen LogP contribution < -0.4 is 0 Å². The highest BCUT2D eigenvalue weighted by Crippen LogP contribution is 2.10. The largest absolute Gasteiger partial charge is 0.463 e. The first-order valence-electron chi connectivity index (χ1n) is 7.70. The van der Waals surface area contributed by atoms with E-state index in [1.165, 1.54) is 0 Å². The fourth-order valence-corrected chi connectivity index (χ4v) is 2.03. The summed E-state index contributed by atoms with van der Waals surface area (Å²) in [5.74, 6) is 0.237. The molecule has 0 bridgehead atoms. The topological polar surface area (TPSA) is 52.6 Å². The second-order valence-corrected chi connectivity index (χ2v) is 6.03. The Hall–Kier alpha value is -1.06. The lowest BCUT2D eigenvalue weighted by atomic mass is 10.1. The predicted octanol–water partition coefficient (Wildman–Crippen LogP) is 3.87. The van der Waals surface area contributed by atoms with E-state index in [2.05, 4.69) is 13.8 Å². The monoisotopic (exact) mass is 286 g/mol. The van der Waals surface area contributed by atoms with E-state index in [1.807, 2.05) is 20.8 Å². The molecule has 0 aliphatic heterocycles. The molecule has 4 heteroatoms. The van der Waals surface area contributed by atoms with Crippen LogP contribution in [0.25, 0.3) is 0 Å². The van der Waals surface area contributed by atoms with Gasteiger partial charge in [0.1, 0.15) is 0 Å². The summed E-state index contributed by atoms with van der Waals surface area (Å²) < 4.78 is 10.3. The van der Waals surface area contributed by atoms with E-state index >= 15 is 0 Å². The minimum atomic E-state index is -0.159. The number of carbonyl (C=O) groups excluding carboxylic acids is 2. The van der Waals surface area contributed by atoms with E-state index < -0.39 is 0 Å². The van der Waals surface area contributed by atoms with Crippen LogP contribution in [0.4, 0.5) is 0 Å². The molecule has 0 saturated heterocycles. The third-order valence-electron chi connectivity index (χ3n) is 2.76. The molecule has 0 N–H and O–H groups in total. The molecule has 118 valence electrons. The smallest absolute Gasteiger partial charge is 0.306 e. The van der Waals surface area contributed by atoms with Crippen molar-refractivity contribution >= 4 is 11.9 Å². The van der Waals surface area contributed by atoms with Crippen molar-refractivity contribution in [2.75, 3.05) is 0 Å². The zero-order valence-corrected chi connectivity index (χ0v) is 13.6. The van der Waals surface area contributed by atoms with Gasteiger partial charge in [-0.3, -0.25) is 9.59 Å². The summed E-state index contributed by atoms with van der Waals surface area (Å²) in [5, 5.41) is 0. The van der Waals surface area contributed by atoms with Crippen LogP contribution in [0, 0.1) is 5.92 Å². The van der Waals surface area contributed by atoms with Gasteiger partial charge in [-0.25, -0.2) is 0 Å². The summed E-state index contributed by atoms with van der Waals surface area (Å²) in [4.78, 5) is 22.8. The molecule has 0 spiro atoms. The van der Waals surface area contributed by atoms with E-state index in [4.69, 9.17) is 9.47 Å². The van der Waals surface area contributed by atoms with E-state index in [0.29, 0.717) is 18.8 Å². The zero-order chi connectivity index (χ0) is 15.5. The highest BCUT2D eigenvalue weighted by molar-refractivity contribution is 5.70. The number of carbonyl (C=O) groups is 2. The second kappa shape index (κ2) is 10.7. The molecule has 20 heavy (non-hydrogen) atoms. The fourth-order valence-electron chi connectivity index (χ4n) is 2.03. The first-order valence-corrected chi connectivity index (χ1v) is 7.70. The SMILES string of the molecule is CC(C)CC(C)OC(=O)CCCCCC(=O)OC(C)C. The molecule has 0 fully saturated rings. The van der Waals surface area contributed by atoms with Crippen molar-refractivity contribution in [1.82, 2.24) is 0 Å². The molecule has 0 aromatic carbocycles. The van der Waals surface area contributed by atoms with Gasteiger partial charge in [0.05, 0.1) is 12.2 Å². The van der Waals surface area contributed by atoms with Gasteiger partial charge in [-0.1, -0.05) is 20.3 Å². The number of hydrogen-bond acceptors (Lipinski definition) is 4. The molecule has 0 aliphatic rings. The minimum Gasteiger partial charge on any atom is -0.463 e. The molecule has 4 nitrogen and oxygen atoms in total. The van der Waals surface area contributed by atoms with Crippen LogP contribution in [0.15, 0.2) is 0 Å². The van der Waals surface area contributed by atoms with Crippen LogP contribution in [0.5, 0.6) is 0 Å². The Bertz CT molecular complexity index is 284. The van der Waals surface area contributed by atoms with Crippen molar-refractivity contribution in [2.24, 2.45) is 5.92 Å². The third-order valence-corrected chi connectivity index (χ3v) is 2.76. The molecule has 0 rings (SSSR count). The van der Waals surface area contributed by atoms with E-state index in [0.717, 1.165) is 25.7 Å². The molecule has 0 amide bonds. The van der Waals surface area contributed by atoms with Gasteiger partial charge >= 0.3 is 11.9 Å². The van der Waals surface area contributed by atoms with Crippen molar-refractivity contribution in [1.29, 1.82) is 0 Å². The maximum Gasteiger partial charge on any atom is 0.306 e. The van der Waals surface area contributed by atoms with Crippen LogP contribution >= 0.6 is 0 Å². The molecule has 0 radical (unpaired) electrons. The average molecular weight is 286 g/mol. The van der Waals surface area contributed by atoms with E-state index in [9.17, 15) is 9.59 Å². The summed E-state index contributed by atoms with van der Waals surface area (Å²) in [6.07, 6.45) is 4.07. The maximum atomic E-state index is 11.6. The number of hydrogen-bond donors (Lipinski definition) is 0. The highest BCUT2D eigenvalue weighted by Gasteiger charge is 2.11. The van der Waals surface area contributed by atoms with Gasteiger partial charge in [0.15, 0.2) is 0 Å². The second-order valence-electron chi connectivity index (χ2n) is 6.03. The average Bonchev–Trinajstić information content (AvgIpc) is 2.25. The first kappa shape index (κ1) is 18.9. The summed E-state index contributed by atoms with van der Waals surface area (Å²) in [5.41, 5.74) is 0. The number of esters is 2. The number of rotatable bonds is 10. The first-order chi connectivity index (χ1) is 9.31. The minimum absolute atomic E-state index is 0.0106. The zero-order valence-electron chi connectivity index (χ0n) is 13.6. The van der Waals surface area contributed by atoms with Crippen molar-refractivity contribution in [3.63, 3.8) is 0 Å². The van der Waals surface area contributed by atoms with Gasteiger partial charge in [0.25, 0.3) is 0 Å². The molecule has 1 unspecified atom stereocenters. The molecule has 0 saturated carbocycles. The lowest BCUT2D eigenvalue weighted by Crippen LogP contribution is -2.16. The normalized spacial score (nSPS) is 12.6. The van der Waals surface area contributed by atoms with Crippen LogP contribution in [0.3, 0.4) is 0 Å². The predicted molar refractivity (Wildman–Crippen MR) is 79.3 cm³/mol. The summed E-state index contributed by atoms with van der Waals surface area (Å²) in [6.45, 7) is 9.83. The Morgan fingerprint density at radius 1 is 0.800 bits per heavy atom. The lowest BCUT2D eigenvalue weighted by molar-refractivity contribution is -0.149. The number of ether oxygens (including phenoxy) is 2. The Morgan fingerprint density at radius 3 is 1.75 bits per heavy atom. The van der Waals surface area contributed by atoms with E-state index in [-0.39, 0.29) is 24.1 Å². The van der Waals surface area contributed by atoms with Crippen LogP contribution in [-0.4, -0.2) is 24.1 Å². The molecular weight excluding hydrogens is 256 g/mol. The molecular formula is C16H30O4. The molecule has 0 aromatic rings. The van der Waals surface area contributed by atoms with Gasteiger partial charge < -0.3 is 9.47 Å². The van der Waals surface area contributed by atoms with Crippen molar-refractivity contribution in [3.05, 3.63) is 0 Å². The standard InChI is InChI=1S/C16H30O4/c1-12(2)11-14(5)20-16(18)10-8-6-7-9-15(17)19-13(3)4/h12-14H,6-11H2,1-5H3. The molecule has 1 atom stereocenters. The Morgan fingerprint density at radius 2 is 1.30 bits per heavy atom. The highest BCUT2D eigenvalue weighted by atomic mass is 16.5. The van der Waals surface area contributed by atoms with Crippen molar-refractivity contribution in [3.8, 4) is 0 Å². The van der Waals surface area contributed by atoms with Crippen molar-refractivity contribution in [2.45, 2.75) is 85.4 Å². The van der Waals surface area contributed by atoms with E-state index in [1.54, 1.807) is 0 Å². The van der Waals surface area contributed by atoms with Gasteiger partial charge in [-0.15, -0.1) is 0 Å². The Kier molecular flexibility index (Phi) is 10.1.